The van der Waals surface area contributed by atoms with Crippen molar-refractivity contribution >= 4 is 35.5 Å². The van der Waals surface area contributed by atoms with Crippen molar-refractivity contribution in [1.29, 1.82) is 0 Å². The monoisotopic (exact) mass is 334 g/mol. The first-order valence-corrected chi connectivity index (χ1v) is 6.92. The van der Waals surface area contributed by atoms with Gasteiger partial charge in [-0.3, -0.25) is 0 Å². The Labute approximate surface area is 119 Å². The standard InChI is InChI=1S/C10H10F4O4S2/c11-9(12)5(3-7(15)16)19-1-2-20-6(10(13)14)4-8(17)18/h3-4,9-10H,1-2H2,(H,15,16)(H,17,18)/b5-3+,6-4+. The van der Waals surface area contributed by atoms with Gasteiger partial charge in [0.1, 0.15) is 0 Å². The van der Waals surface area contributed by atoms with E-state index in [2.05, 4.69) is 0 Å². The summed E-state index contributed by atoms with van der Waals surface area (Å²) in [6.07, 6.45) is -5.24. The third-order valence-corrected chi connectivity index (χ3v) is 3.92. The van der Waals surface area contributed by atoms with Crippen molar-refractivity contribution in [1.82, 2.24) is 0 Å². The molecule has 20 heavy (non-hydrogen) atoms. The molecular weight excluding hydrogens is 324 g/mol. The lowest BCUT2D eigenvalue weighted by molar-refractivity contribution is -0.132. The quantitative estimate of drug-likeness (QED) is 0.384. The molecule has 0 aromatic heterocycles. The number of rotatable bonds is 9. The fourth-order valence-electron chi connectivity index (χ4n) is 0.898. The summed E-state index contributed by atoms with van der Waals surface area (Å²) in [6, 6.07) is 0. The van der Waals surface area contributed by atoms with Gasteiger partial charge in [-0.2, -0.15) is 0 Å². The first-order chi connectivity index (χ1) is 9.23. The van der Waals surface area contributed by atoms with E-state index in [1.54, 1.807) is 0 Å². The molecule has 0 aromatic rings. The molecule has 0 aliphatic carbocycles. The number of carboxylic acid groups (broad SMARTS) is 2. The van der Waals surface area contributed by atoms with E-state index in [1.165, 1.54) is 0 Å². The summed E-state index contributed by atoms with van der Waals surface area (Å²) in [5.74, 6) is -3.17. The van der Waals surface area contributed by atoms with E-state index in [0.717, 1.165) is 0 Å². The van der Waals surface area contributed by atoms with Crippen LogP contribution in [0.5, 0.6) is 0 Å². The Morgan fingerprint density at radius 3 is 1.35 bits per heavy atom. The molecule has 0 bridgehead atoms. The Bertz CT molecular complexity index is 372. The van der Waals surface area contributed by atoms with E-state index in [-0.39, 0.29) is 11.5 Å². The molecule has 0 saturated heterocycles. The maximum absolute atomic E-state index is 12.4. The van der Waals surface area contributed by atoms with Crippen LogP contribution in [0, 0.1) is 0 Å². The van der Waals surface area contributed by atoms with Gasteiger partial charge in [0.25, 0.3) is 12.9 Å². The molecule has 114 valence electrons. The Balaban J connectivity index is 4.36. The number of carbonyl (C=O) groups is 2. The molecule has 0 amide bonds. The number of alkyl halides is 4. The molecule has 0 aromatic carbocycles. The van der Waals surface area contributed by atoms with Gasteiger partial charge in [-0.1, -0.05) is 0 Å². The lowest BCUT2D eigenvalue weighted by Crippen LogP contribution is -2.02. The fourth-order valence-corrected chi connectivity index (χ4v) is 2.66. The molecule has 0 aliphatic rings. The molecule has 2 N–H and O–H groups in total. The largest absolute Gasteiger partial charge is 0.478 e. The molecule has 0 spiro atoms. The van der Waals surface area contributed by atoms with Crippen LogP contribution < -0.4 is 0 Å². The topological polar surface area (TPSA) is 74.6 Å². The summed E-state index contributed by atoms with van der Waals surface area (Å²) in [5.41, 5.74) is 0. The Kier molecular flexibility index (Phi) is 9.14. The lowest BCUT2D eigenvalue weighted by atomic mass is 10.5. The Morgan fingerprint density at radius 2 is 1.15 bits per heavy atom. The summed E-state index contributed by atoms with van der Waals surface area (Å²) in [6.45, 7) is 0. The van der Waals surface area contributed by atoms with Crippen LogP contribution in [-0.4, -0.2) is 46.5 Å². The highest BCUT2D eigenvalue weighted by atomic mass is 32.2. The van der Waals surface area contributed by atoms with Gasteiger partial charge in [0.15, 0.2) is 0 Å². The summed E-state index contributed by atoms with van der Waals surface area (Å²) in [7, 11) is 0. The van der Waals surface area contributed by atoms with Gasteiger partial charge in [-0.15, -0.1) is 23.5 Å². The molecule has 0 saturated carbocycles. The maximum atomic E-state index is 12.4. The number of halogens is 4. The molecule has 0 fully saturated rings. The van der Waals surface area contributed by atoms with Crippen LogP contribution in [-0.2, 0) is 9.59 Å². The van der Waals surface area contributed by atoms with Crippen LogP contribution in [0.1, 0.15) is 0 Å². The molecule has 4 nitrogen and oxygen atoms in total. The third-order valence-electron chi connectivity index (χ3n) is 1.58. The van der Waals surface area contributed by atoms with Gasteiger partial charge in [0, 0.05) is 23.7 Å². The molecule has 0 radical (unpaired) electrons. The fraction of sp³-hybridized carbons (Fsp3) is 0.400. The predicted molar refractivity (Wildman–Crippen MR) is 68.4 cm³/mol. The minimum Gasteiger partial charge on any atom is -0.478 e. The second-order valence-electron chi connectivity index (χ2n) is 3.07. The molecule has 0 heterocycles. The zero-order valence-electron chi connectivity index (χ0n) is 9.76. The van der Waals surface area contributed by atoms with Crippen LogP contribution in [0.2, 0.25) is 0 Å². The van der Waals surface area contributed by atoms with Crippen LogP contribution in [0.15, 0.2) is 22.0 Å². The number of allylic oxidation sites excluding steroid dienone is 2. The molecule has 0 rings (SSSR count). The van der Waals surface area contributed by atoms with Gasteiger partial charge in [-0.05, 0) is 0 Å². The van der Waals surface area contributed by atoms with Crippen LogP contribution in [0.4, 0.5) is 17.6 Å². The second kappa shape index (κ2) is 9.70. The van der Waals surface area contributed by atoms with Gasteiger partial charge in [0.05, 0.1) is 9.81 Å². The van der Waals surface area contributed by atoms with Crippen molar-refractivity contribution in [3.05, 3.63) is 22.0 Å². The minimum absolute atomic E-state index is 0.0577. The Hall–Kier alpha value is -1.16. The zero-order valence-corrected chi connectivity index (χ0v) is 11.4. The third kappa shape index (κ3) is 8.86. The normalized spacial score (nSPS) is 13.1. The molecule has 10 heteroatoms. The van der Waals surface area contributed by atoms with Crippen molar-refractivity contribution < 1.29 is 37.4 Å². The van der Waals surface area contributed by atoms with E-state index >= 15 is 0 Å². The molecular formula is C10H10F4O4S2. The summed E-state index contributed by atoms with van der Waals surface area (Å²) >= 11 is 1.04. The van der Waals surface area contributed by atoms with E-state index in [4.69, 9.17) is 10.2 Å². The summed E-state index contributed by atoms with van der Waals surface area (Å²) in [5, 5.41) is 16.7. The Morgan fingerprint density at radius 1 is 0.850 bits per heavy atom. The van der Waals surface area contributed by atoms with Crippen molar-refractivity contribution in [3.8, 4) is 0 Å². The first kappa shape index (κ1) is 18.8. The number of thioether (sulfide) groups is 2. The predicted octanol–water partition coefficient (Wildman–Crippen LogP) is 2.92. The van der Waals surface area contributed by atoms with Crippen molar-refractivity contribution in [2.75, 3.05) is 11.5 Å². The average Bonchev–Trinajstić information content (AvgIpc) is 2.29. The summed E-state index contributed by atoms with van der Waals surface area (Å²) < 4.78 is 49.5. The van der Waals surface area contributed by atoms with E-state index in [0.29, 0.717) is 35.7 Å². The van der Waals surface area contributed by atoms with Crippen LogP contribution >= 0.6 is 23.5 Å². The zero-order chi connectivity index (χ0) is 15.7. The molecule has 0 atom stereocenters. The van der Waals surface area contributed by atoms with Crippen molar-refractivity contribution in [2.24, 2.45) is 0 Å². The minimum atomic E-state index is -2.97. The molecule has 0 aliphatic heterocycles. The number of carboxylic acids is 2. The number of aliphatic carboxylic acids is 2. The SMILES string of the molecule is O=C(O)/C=C(/SCCS/C(=C/C(=O)O)C(F)F)C(F)F. The smallest absolute Gasteiger partial charge is 0.329 e. The van der Waals surface area contributed by atoms with Crippen molar-refractivity contribution in [3.63, 3.8) is 0 Å². The highest BCUT2D eigenvalue weighted by Crippen LogP contribution is 2.27. The van der Waals surface area contributed by atoms with E-state index < -0.39 is 34.6 Å². The van der Waals surface area contributed by atoms with Crippen LogP contribution in [0.25, 0.3) is 0 Å². The second-order valence-corrected chi connectivity index (χ2v) is 5.40. The number of hydrogen-bond donors (Lipinski definition) is 2. The molecule has 0 unspecified atom stereocenters. The number of hydrogen-bond acceptors (Lipinski definition) is 4. The lowest BCUT2D eigenvalue weighted by Gasteiger charge is -2.07. The summed E-state index contributed by atoms with van der Waals surface area (Å²) in [4.78, 5) is 19.2. The maximum Gasteiger partial charge on any atom is 0.329 e. The average molecular weight is 334 g/mol. The van der Waals surface area contributed by atoms with E-state index in [9.17, 15) is 27.2 Å². The van der Waals surface area contributed by atoms with Gasteiger partial charge < -0.3 is 10.2 Å². The van der Waals surface area contributed by atoms with E-state index in [1.807, 2.05) is 0 Å². The van der Waals surface area contributed by atoms with Crippen LogP contribution in [0.3, 0.4) is 0 Å². The first-order valence-electron chi connectivity index (χ1n) is 4.95. The highest BCUT2D eigenvalue weighted by Gasteiger charge is 2.16. The van der Waals surface area contributed by atoms with Gasteiger partial charge >= 0.3 is 11.9 Å². The van der Waals surface area contributed by atoms with Crippen molar-refractivity contribution in [2.45, 2.75) is 12.9 Å². The van der Waals surface area contributed by atoms with Gasteiger partial charge in [-0.25, -0.2) is 27.2 Å². The van der Waals surface area contributed by atoms with Gasteiger partial charge in [0.2, 0.25) is 0 Å². The highest BCUT2D eigenvalue weighted by molar-refractivity contribution is 8.06.